The Labute approximate surface area is 117 Å². The van der Waals surface area contributed by atoms with Crippen LogP contribution in [0.3, 0.4) is 0 Å². The minimum Gasteiger partial charge on any atom is -0.369 e. The molecule has 0 aromatic carbocycles. The van der Waals surface area contributed by atoms with E-state index in [0.29, 0.717) is 36.6 Å². The van der Waals surface area contributed by atoms with E-state index in [0.717, 1.165) is 0 Å². The summed E-state index contributed by atoms with van der Waals surface area (Å²) in [7, 11) is 0. The van der Waals surface area contributed by atoms with Crippen LogP contribution in [0.4, 0.5) is 5.82 Å². The number of hydrogen-bond donors (Lipinski definition) is 0. The summed E-state index contributed by atoms with van der Waals surface area (Å²) in [6, 6.07) is 0. The molecular weight excluding hydrogens is 266 g/mol. The van der Waals surface area contributed by atoms with Gasteiger partial charge in [-0.2, -0.15) is 0 Å². The highest BCUT2D eigenvalue weighted by atomic mass is 35.5. The number of carbonyl (C=O) groups is 1. The molecule has 0 saturated carbocycles. The van der Waals surface area contributed by atoms with Crippen molar-refractivity contribution in [2.24, 2.45) is 0 Å². The number of aryl methyl sites for hydroxylation is 1. The third-order valence-corrected chi connectivity index (χ3v) is 3.27. The second-order valence-electron chi connectivity index (χ2n) is 5.49. The first kappa shape index (κ1) is 14.2. The molecule has 104 valence electrons. The van der Waals surface area contributed by atoms with Crippen LogP contribution < -0.4 is 4.90 Å². The molecule has 1 aromatic heterocycles. The number of aromatic nitrogens is 2. The largest absolute Gasteiger partial charge is 0.369 e. The number of morpholine rings is 1. The highest BCUT2D eigenvalue weighted by Crippen LogP contribution is 2.28. The molecule has 1 aliphatic heterocycles. The average molecular weight is 284 g/mol. The monoisotopic (exact) mass is 283 g/mol. The van der Waals surface area contributed by atoms with Gasteiger partial charge in [0.05, 0.1) is 17.3 Å². The van der Waals surface area contributed by atoms with E-state index in [1.807, 2.05) is 25.7 Å². The maximum atomic E-state index is 11.2. The third-order valence-electron chi connectivity index (χ3n) is 2.98. The minimum atomic E-state index is -0.289. The fourth-order valence-corrected chi connectivity index (χ4v) is 2.74. The summed E-state index contributed by atoms with van der Waals surface area (Å²) >= 11 is 6.02. The van der Waals surface area contributed by atoms with Crippen LogP contribution in [-0.2, 0) is 4.74 Å². The molecule has 19 heavy (non-hydrogen) atoms. The number of rotatable bonds is 2. The quantitative estimate of drug-likeness (QED) is 0.615. The third kappa shape index (κ3) is 3.04. The molecule has 5 nitrogen and oxygen atoms in total. The van der Waals surface area contributed by atoms with E-state index < -0.39 is 0 Å². The van der Waals surface area contributed by atoms with Crippen molar-refractivity contribution in [1.29, 1.82) is 0 Å². The van der Waals surface area contributed by atoms with E-state index in [1.165, 1.54) is 0 Å². The SMILES string of the molecule is Cc1nc(Cl)c(C=O)c(N2CC(C)OC(C)(C)C2)n1. The van der Waals surface area contributed by atoms with Gasteiger partial charge >= 0.3 is 0 Å². The van der Waals surface area contributed by atoms with E-state index >= 15 is 0 Å². The van der Waals surface area contributed by atoms with Crippen molar-refractivity contribution in [3.63, 3.8) is 0 Å². The summed E-state index contributed by atoms with van der Waals surface area (Å²) in [6.45, 7) is 9.14. The number of carbonyl (C=O) groups excluding carboxylic acids is 1. The highest BCUT2D eigenvalue weighted by molar-refractivity contribution is 6.32. The zero-order valence-corrected chi connectivity index (χ0v) is 12.4. The summed E-state index contributed by atoms with van der Waals surface area (Å²) in [5.74, 6) is 1.15. The Bertz CT molecular complexity index is 505. The van der Waals surface area contributed by atoms with E-state index in [9.17, 15) is 4.79 Å². The van der Waals surface area contributed by atoms with E-state index in [-0.39, 0.29) is 16.9 Å². The van der Waals surface area contributed by atoms with E-state index in [1.54, 1.807) is 6.92 Å². The fourth-order valence-electron chi connectivity index (χ4n) is 2.49. The number of aldehydes is 1. The first-order valence-corrected chi connectivity index (χ1v) is 6.62. The Hall–Kier alpha value is -1.20. The molecule has 0 aliphatic carbocycles. The molecule has 1 unspecified atom stereocenters. The van der Waals surface area contributed by atoms with Crippen molar-refractivity contribution in [3.05, 3.63) is 16.5 Å². The molecule has 0 bridgehead atoms. The van der Waals surface area contributed by atoms with Crippen LogP contribution in [-0.4, -0.2) is 41.0 Å². The normalized spacial score (nSPS) is 22.4. The maximum absolute atomic E-state index is 11.2. The molecule has 0 spiro atoms. The lowest BCUT2D eigenvalue weighted by Gasteiger charge is -2.42. The molecule has 2 rings (SSSR count). The van der Waals surface area contributed by atoms with Gasteiger partial charge in [0.25, 0.3) is 0 Å². The molecule has 1 fully saturated rings. The van der Waals surface area contributed by atoms with Gasteiger partial charge < -0.3 is 9.64 Å². The van der Waals surface area contributed by atoms with Crippen LogP contribution >= 0.6 is 11.6 Å². The Morgan fingerprint density at radius 1 is 1.47 bits per heavy atom. The van der Waals surface area contributed by atoms with Gasteiger partial charge in [0, 0.05) is 13.1 Å². The van der Waals surface area contributed by atoms with Gasteiger partial charge in [-0.25, -0.2) is 9.97 Å². The van der Waals surface area contributed by atoms with Crippen molar-refractivity contribution >= 4 is 23.7 Å². The molecule has 2 heterocycles. The second kappa shape index (κ2) is 5.06. The zero-order valence-electron chi connectivity index (χ0n) is 11.6. The molecule has 1 atom stereocenters. The topological polar surface area (TPSA) is 55.3 Å². The molecule has 1 saturated heterocycles. The van der Waals surface area contributed by atoms with Gasteiger partial charge in [-0.1, -0.05) is 11.6 Å². The predicted molar refractivity (Wildman–Crippen MR) is 74.0 cm³/mol. The summed E-state index contributed by atoms with van der Waals surface area (Å²) < 4.78 is 5.85. The van der Waals surface area contributed by atoms with Crippen LogP contribution in [0.5, 0.6) is 0 Å². The van der Waals surface area contributed by atoms with Gasteiger partial charge in [0.2, 0.25) is 0 Å². The van der Waals surface area contributed by atoms with Gasteiger partial charge in [0.15, 0.2) is 6.29 Å². The van der Waals surface area contributed by atoms with Gasteiger partial charge in [-0.05, 0) is 27.7 Å². The minimum absolute atomic E-state index is 0.0669. The Morgan fingerprint density at radius 2 is 2.16 bits per heavy atom. The molecule has 6 heteroatoms. The van der Waals surface area contributed by atoms with Crippen molar-refractivity contribution < 1.29 is 9.53 Å². The first-order chi connectivity index (χ1) is 8.82. The van der Waals surface area contributed by atoms with Gasteiger partial charge in [0.1, 0.15) is 16.8 Å². The van der Waals surface area contributed by atoms with Gasteiger partial charge in [-0.3, -0.25) is 4.79 Å². The molecule has 1 aromatic rings. The number of anilines is 1. The Balaban J connectivity index is 2.43. The average Bonchev–Trinajstić information content (AvgIpc) is 2.25. The highest BCUT2D eigenvalue weighted by Gasteiger charge is 2.33. The van der Waals surface area contributed by atoms with Crippen molar-refractivity contribution in [3.8, 4) is 0 Å². The molecular formula is C13H18ClN3O2. The summed E-state index contributed by atoms with van der Waals surface area (Å²) in [5.41, 5.74) is 0.0561. The number of halogens is 1. The number of ether oxygens (including phenoxy) is 1. The molecule has 1 aliphatic rings. The van der Waals surface area contributed by atoms with Crippen LogP contribution in [0.15, 0.2) is 0 Å². The second-order valence-corrected chi connectivity index (χ2v) is 5.84. The zero-order chi connectivity index (χ0) is 14.2. The first-order valence-electron chi connectivity index (χ1n) is 6.24. The van der Waals surface area contributed by atoms with Crippen molar-refractivity contribution in [2.45, 2.75) is 39.4 Å². The van der Waals surface area contributed by atoms with Gasteiger partial charge in [-0.15, -0.1) is 0 Å². The summed E-state index contributed by atoms with van der Waals surface area (Å²) in [4.78, 5) is 21.7. The van der Waals surface area contributed by atoms with E-state index in [4.69, 9.17) is 16.3 Å². The number of nitrogens with zero attached hydrogens (tertiary/aromatic N) is 3. The van der Waals surface area contributed by atoms with Crippen LogP contribution in [0.1, 0.15) is 37.0 Å². The Morgan fingerprint density at radius 3 is 2.74 bits per heavy atom. The van der Waals surface area contributed by atoms with Crippen molar-refractivity contribution in [1.82, 2.24) is 9.97 Å². The lowest BCUT2D eigenvalue weighted by atomic mass is 10.1. The Kier molecular flexibility index (Phi) is 3.78. The molecule has 0 N–H and O–H groups in total. The maximum Gasteiger partial charge on any atom is 0.156 e. The predicted octanol–water partition coefficient (Wildman–Crippen LogP) is 2.25. The number of hydrogen-bond acceptors (Lipinski definition) is 5. The lowest BCUT2D eigenvalue weighted by Crippen LogP contribution is -2.52. The summed E-state index contributed by atoms with van der Waals surface area (Å²) in [6.07, 6.45) is 0.779. The van der Waals surface area contributed by atoms with Crippen LogP contribution in [0.2, 0.25) is 5.15 Å². The molecule has 0 amide bonds. The fraction of sp³-hybridized carbons (Fsp3) is 0.615. The smallest absolute Gasteiger partial charge is 0.156 e. The van der Waals surface area contributed by atoms with Crippen LogP contribution in [0, 0.1) is 6.92 Å². The standard InChI is InChI=1S/C13H18ClN3O2/c1-8-5-17(7-13(3,4)19-8)12-10(6-18)11(14)15-9(2)16-12/h6,8H,5,7H2,1-4H3. The van der Waals surface area contributed by atoms with E-state index in [2.05, 4.69) is 9.97 Å². The lowest BCUT2D eigenvalue weighted by molar-refractivity contribution is -0.0752. The molecule has 0 radical (unpaired) electrons. The van der Waals surface area contributed by atoms with Crippen LogP contribution in [0.25, 0.3) is 0 Å². The summed E-state index contributed by atoms with van der Waals surface area (Å²) in [5, 5.41) is 0.203. The van der Waals surface area contributed by atoms with Crippen molar-refractivity contribution in [2.75, 3.05) is 18.0 Å².